The number of aromatic nitrogens is 1. The van der Waals surface area contributed by atoms with Crippen LogP contribution in [-0.2, 0) is 6.54 Å². The molecule has 0 amide bonds. The minimum atomic E-state index is -0.232. The van der Waals surface area contributed by atoms with E-state index in [1.165, 1.54) is 12.1 Å². The second-order valence-electron chi connectivity index (χ2n) is 4.44. The third-order valence-electron chi connectivity index (χ3n) is 2.84. The molecule has 20 heavy (non-hydrogen) atoms. The highest BCUT2D eigenvalue weighted by molar-refractivity contribution is 7.13. The molecule has 1 aromatic carbocycles. The summed E-state index contributed by atoms with van der Waals surface area (Å²) in [6, 6.07) is 8.52. The van der Waals surface area contributed by atoms with Crippen LogP contribution in [0.3, 0.4) is 0 Å². The van der Waals surface area contributed by atoms with Gasteiger partial charge in [0.1, 0.15) is 10.8 Å². The Hall–Kier alpha value is -1.77. The molecular weight excluding hydrogens is 273 g/mol. The Balaban J connectivity index is 1.80. The molecule has 0 aliphatic heterocycles. The van der Waals surface area contributed by atoms with E-state index in [1.807, 2.05) is 5.38 Å². The van der Waals surface area contributed by atoms with Gasteiger partial charge in [-0.25, -0.2) is 9.37 Å². The Kier molecular flexibility index (Phi) is 5.66. The molecule has 0 aliphatic rings. The number of nitrogens with one attached hydrogen (secondary N) is 1. The molecule has 0 fully saturated rings. The molecule has 2 aromatic rings. The zero-order valence-corrected chi connectivity index (χ0v) is 11.9. The number of thiazole rings is 1. The molecule has 0 saturated carbocycles. The van der Waals surface area contributed by atoms with E-state index in [9.17, 15) is 4.39 Å². The summed E-state index contributed by atoms with van der Waals surface area (Å²) in [7, 11) is 0. The summed E-state index contributed by atoms with van der Waals surface area (Å²) in [4.78, 5) is 4.53. The number of halogens is 1. The summed E-state index contributed by atoms with van der Waals surface area (Å²) in [6.07, 6.45) is 2.55. The van der Waals surface area contributed by atoms with Crippen LogP contribution in [0.4, 0.5) is 4.39 Å². The highest BCUT2D eigenvalue weighted by atomic mass is 32.1. The fourth-order valence-electron chi connectivity index (χ4n) is 1.78. The monoisotopic (exact) mass is 289 g/mol. The molecule has 104 valence electrons. The van der Waals surface area contributed by atoms with E-state index < -0.39 is 0 Å². The Morgan fingerprint density at radius 3 is 2.80 bits per heavy atom. The number of nitriles is 1. The zero-order valence-electron chi connectivity index (χ0n) is 11.1. The molecule has 0 atom stereocenters. The maximum Gasteiger partial charge on any atom is 0.123 e. The van der Waals surface area contributed by atoms with Crippen molar-refractivity contribution in [2.45, 2.75) is 25.8 Å². The summed E-state index contributed by atoms with van der Waals surface area (Å²) in [5, 5.41) is 14.7. The van der Waals surface area contributed by atoms with Gasteiger partial charge in [0.2, 0.25) is 0 Å². The van der Waals surface area contributed by atoms with Gasteiger partial charge in [0.05, 0.1) is 11.8 Å². The highest BCUT2D eigenvalue weighted by Crippen LogP contribution is 2.23. The standard InChI is InChI=1S/C15H16FN3S/c16-13-6-4-12(5-7-13)15-19-14(11-20-15)10-18-9-3-1-2-8-17/h4-7,11,18H,1-3,9-10H2. The first-order valence-electron chi connectivity index (χ1n) is 6.57. The van der Waals surface area contributed by atoms with Gasteiger partial charge >= 0.3 is 0 Å². The first-order valence-corrected chi connectivity index (χ1v) is 7.45. The Morgan fingerprint density at radius 1 is 1.25 bits per heavy atom. The van der Waals surface area contributed by atoms with Crippen molar-refractivity contribution in [2.75, 3.05) is 6.54 Å². The number of hydrogen-bond acceptors (Lipinski definition) is 4. The number of hydrogen-bond donors (Lipinski definition) is 1. The summed E-state index contributed by atoms with van der Waals surface area (Å²) >= 11 is 1.56. The van der Waals surface area contributed by atoms with Crippen molar-refractivity contribution in [1.29, 1.82) is 5.26 Å². The molecule has 5 heteroatoms. The second kappa shape index (κ2) is 7.73. The molecule has 0 bridgehead atoms. The molecular formula is C15H16FN3S. The van der Waals surface area contributed by atoms with Gasteiger partial charge < -0.3 is 5.32 Å². The maximum atomic E-state index is 12.9. The lowest BCUT2D eigenvalue weighted by Gasteiger charge is -2.00. The van der Waals surface area contributed by atoms with Crippen molar-refractivity contribution in [3.63, 3.8) is 0 Å². The molecule has 0 saturated heterocycles. The zero-order chi connectivity index (χ0) is 14.2. The van der Waals surface area contributed by atoms with Crippen molar-refractivity contribution in [3.8, 4) is 16.6 Å². The van der Waals surface area contributed by atoms with E-state index in [-0.39, 0.29) is 5.82 Å². The lowest BCUT2D eigenvalue weighted by molar-refractivity contribution is 0.623. The fraction of sp³-hybridized carbons (Fsp3) is 0.333. The summed E-state index contributed by atoms with van der Waals surface area (Å²) in [5.74, 6) is -0.232. The van der Waals surface area contributed by atoms with Crippen LogP contribution in [0.5, 0.6) is 0 Å². The minimum Gasteiger partial charge on any atom is -0.311 e. The lowest BCUT2D eigenvalue weighted by atomic mass is 10.2. The molecule has 1 aromatic heterocycles. The number of nitrogens with zero attached hydrogens (tertiary/aromatic N) is 2. The summed E-state index contributed by atoms with van der Waals surface area (Å²) < 4.78 is 12.9. The first-order chi connectivity index (χ1) is 9.79. The van der Waals surface area contributed by atoms with Gasteiger partial charge in [0.25, 0.3) is 0 Å². The lowest BCUT2D eigenvalue weighted by Crippen LogP contribution is -2.14. The number of benzene rings is 1. The predicted molar refractivity (Wildman–Crippen MR) is 78.7 cm³/mol. The average molecular weight is 289 g/mol. The van der Waals surface area contributed by atoms with Crippen molar-refractivity contribution >= 4 is 11.3 Å². The van der Waals surface area contributed by atoms with Crippen LogP contribution in [0.1, 0.15) is 25.0 Å². The normalized spacial score (nSPS) is 10.4. The van der Waals surface area contributed by atoms with Gasteiger partial charge in [-0.2, -0.15) is 5.26 Å². The molecule has 2 rings (SSSR count). The summed E-state index contributed by atoms with van der Waals surface area (Å²) in [6.45, 7) is 1.62. The Morgan fingerprint density at radius 2 is 2.05 bits per heavy atom. The van der Waals surface area contributed by atoms with Gasteiger partial charge in [0, 0.05) is 23.9 Å². The molecule has 3 nitrogen and oxygen atoms in total. The molecule has 0 radical (unpaired) electrons. The van der Waals surface area contributed by atoms with Crippen LogP contribution in [-0.4, -0.2) is 11.5 Å². The first kappa shape index (κ1) is 14.6. The largest absolute Gasteiger partial charge is 0.311 e. The summed E-state index contributed by atoms with van der Waals surface area (Å²) in [5.41, 5.74) is 1.94. The van der Waals surface area contributed by atoms with Gasteiger partial charge in [-0.05, 0) is 43.7 Å². The van der Waals surface area contributed by atoms with Gasteiger partial charge in [-0.3, -0.25) is 0 Å². The van der Waals surface area contributed by atoms with Crippen LogP contribution in [0.15, 0.2) is 29.6 Å². The molecule has 0 unspecified atom stereocenters. The smallest absolute Gasteiger partial charge is 0.123 e. The van der Waals surface area contributed by atoms with E-state index in [2.05, 4.69) is 16.4 Å². The third-order valence-corrected chi connectivity index (χ3v) is 3.78. The van der Waals surface area contributed by atoms with Crippen LogP contribution < -0.4 is 5.32 Å². The molecule has 0 aliphatic carbocycles. The van der Waals surface area contributed by atoms with Gasteiger partial charge in [-0.15, -0.1) is 11.3 Å². The van der Waals surface area contributed by atoms with E-state index in [1.54, 1.807) is 23.5 Å². The average Bonchev–Trinajstić information content (AvgIpc) is 2.92. The topological polar surface area (TPSA) is 48.7 Å². The van der Waals surface area contributed by atoms with Crippen LogP contribution in [0.25, 0.3) is 10.6 Å². The maximum absolute atomic E-state index is 12.9. The SMILES string of the molecule is N#CCCCCNCc1csc(-c2ccc(F)cc2)n1. The van der Waals surface area contributed by atoms with Crippen molar-refractivity contribution in [3.05, 3.63) is 41.2 Å². The Bertz CT molecular complexity index is 572. The van der Waals surface area contributed by atoms with Crippen LogP contribution in [0, 0.1) is 17.1 Å². The molecule has 1 N–H and O–H groups in total. The van der Waals surface area contributed by atoms with Crippen molar-refractivity contribution in [1.82, 2.24) is 10.3 Å². The van der Waals surface area contributed by atoms with Gasteiger partial charge in [-0.1, -0.05) is 0 Å². The number of rotatable bonds is 7. The quantitative estimate of drug-likeness (QED) is 0.790. The second-order valence-corrected chi connectivity index (χ2v) is 5.30. The predicted octanol–water partition coefficient (Wildman–Crippen LogP) is 3.73. The number of unbranched alkanes of at least 4 members (excludes halogenated alkanes) is 2. The van der Waals surface area contributed by atoms with Crippen molar-refractivity contribution in [2.24, 2.45) is 0 Å². The third kappa shape index (κ3) is 4.41. The fourth-order valence-corrected chi connectivity index (χ4v) is 2.61. The van der Waals surface area contributed by atoms with Gasteiger partial charge in [0.15, 0.2) is 0 Å². The molecule has 0 spiro atoms. The Labute approximate surface area is 122 Å². The van der Waals surface area contributed by atoms with E-state index in [0.29, 0.717) is 6.42 Å². The minimum absolute atomic E-state index is 0.232. The van der Waals surface area contributed by atoms with E-state index >= 15 is 0 Å². The van der Waals surface area contributed by atoms with Crippen molar-refractivity contribution < 1.29 is 4.39 Å². The molecule has 1 heterocycles. The van der Waals surface area contributed by atoms with E-state index in [0.717, 1.165) is 42.2 Å². The van der Waals surface area contributed by atoms with Crippen LogP contribution in [0.2, 0.25) is 0 Å². The van der Waals surface area contributed by atoms with E-state index in [4.69, 9.17) is 5.26 Å². The van der Waals surface area contributed by atoms with Crippen LogP contribution >= 0.6 is 11.3 Å². The highest BCUT2D eigenvalue weighted by Gasteiger charge is 2.04.